The van der Waals surface area contributed by atoms with Crippen LogP contribution in [0.25, 0.3) is 0 Å². The van der Waals surface area contributed by atoms with Crippen LogP contribution in [0.5, 0.6) is 0 Å². The van der Waals surface area contributed by atoms with Gasteiger partial charge >= 0.3 is 13.1 Å². The molecule has 0 bridgehead atoms. The van der Waals surface area contributed by atoms with Crippen LogP contribution in [0.4, 0.5) is 0 Å². The average Bonchev–Trinajstić information content (AvgIpc) is 2.56. The Balaban J connectivity index is 2.09. The minimum Gasteiger partial charge on any atom is -0.481 e. The molecule has 1 saturated heterocycles. The molecule has 0 spiro atoms. The van der Waals surface area contributed by atoms with Crippen LogP contribution >= 0.6 is 0 Å². The van der Waals surface area contributed by atoms with Gasteiger partial charge < -0.3 is 14.4 Å². The summed E-state index contributed by atoms with van der Waals surface area (Å²) in [5, 5.41) is 8.86. The number of rotatable bonds is 4. The zero-order chi connectivity index (χ0) is 15.0. The van der Waals surface area contributed by atoms with Crippen molar-refractivity contribution in [2.75, 3.05) is 0 Å². The highest BCUT2D eigenvalue weighted by atomic mass is 16.7. The first kappa shape index (κ1) is 15.3. The predicted molar refractivity (Wildman–Crippen MR) is 78.5 cm³/mol. The van der Waals surface area contributed by atoms with Gasteiger partial charge in [-0.3, -0.25) is 4.79 Å². The molecule has 0 saturated carbocycles. The van der Waals surface area contributed by atoms with E-state index in [1.807, 2.05) is 39.8 Å². The second kappa shape index (κ2) is 5.37. The molecule has 2 aliphatic rings. The van der Waals surface area contributed by atoms with Gasteiger partial charge in [-0.05, 0) is 40.0 Å². The number of carboxylic acid groups (broad SMARTS) is 1. The zero-order valence-corrected chi connectivity index (χ0v) is 12.6. The van der Waals surface area contributed by atoms with Crippen molar-refractivity contribution in [2.45, 2.75) is 57.6 Å². The maximum Gasteiger partial charge on any atom is 0.465 e. The molecule has 20 heavy (non-hydrogen) atoms. The molecule has 0 aromatic heterocycles. The molecular formula is C15H23BO4. The number of carbonyl (C=O) groups is 1. The van der Waals surface area contributed by atoms with Crippen LogP contribution in [-0.4, -0.2) is 29.4 Å². The summed E-state index contributed by atoms with van der Waals surface area (Å²) in [6.45, 7) is 8.12. The van der Waals surface area contributed by atoms with E-state index >= 15 is 0 Å². The van der Waals surface area contributed by atoms with Crippen LogP contribution < -0.4 is 0 Å². The first-order valence-corrected chi connectivity index (χ1v) is 7.15. The number of hydrogen-bond acceptors (Lipinski definition) is 3. The minimum atomic E-state index is -0.763. The van der Waals surface area contributed by atoms with Crippen molar-refractivity contribution in [3.05, 3.63) is 24.3 Å². The molecule has 110 valence electrons. The predicted octanol–water partition coefficient (Wildman–Crippen LogP) is 3.06. The standard InChI is InChI=1S/C15H23BO4/c1-14(2)15(3,4)20-16(19-14)12-8-6-5-7-11(12)9-10-13(17)18/h5-8,11-12H,9-10H2,1-4H3,(H,17,18). The summed E-state index contributed by atoms with van der Waals surface area (Å²) in [5.41, 5.74) is -0.714. The molecule has 1 aliphatic heterocycles. The van der Waals surface area contributed by atoms with Gasteiger partial charge in [0, 0.05) is 12.2 Å². The lowest BCUT2D eigenvalue weighted by molar-refractivity contribution is -0.137. The van der Waals surface area contributed by atoms with Crippen molar-refractivity contribution in [3.8, 4) is 0 Å². The number of aliphatic carboxylic acids is 1. The lowest BCUT2D eigenvalue weighted by atomic mass is 9.62. The summed E-state index contributed by atoms with van der Waals surface area (Å²) in [6.07, 6.45) is 8.83. The van der Waals surface area contributed by atoms with Gasteiger partial charge in [0.05, 0.1) is 11.2 Å². The summed E-state index contributed by atoms with van der Waals surface area (Å²) in [4.78, 5) is 10.8. The van der Waals surface area contributed by atoms with Gasteiger partial charge in [-0.15, -0.1) is 0 Å². The third-order valence-electron chi connectivity index (χ3n) is 4.57. The van der Waals surface area contributed by atoms with E-state index < -0.39 is 5.97 Å². The molecule has 2 rings (SSSR count). The number of allylic oxidation sites excluding steroid dienone is 4. The average molecular weight is 278 g/mol. The highest BCUT2D eigenvalue weighted by molar-refractivity contribution is 6.48. The Kier molecular flexibility index (Phi) is 4.12. The zero-order valence-electron chi connectivity index (χ0n) is 12.6. The maximum atomic E-state index is 10.8. The van der Waals surface area contributed by atoms with E-state index in [0.717, 1.165) is 0 Å². The fourth-order valence-corrected chi connectivity index (χ4v) is 2.59. The Morgan fingerprint density at radius 1 is 1.15 bits per heavy atom. The van der Waals surface area contributed by atoms with Gasteiger partial charge in [0.25, 0.3) is 0 Å². The summed E-state index contributed by atoms with van der Waals surface area (Å²) in [7, 11) is -0.319. The van der Waals surface area contributed by atoms with Crippen LogP contribution in [0.3, 0.4) is 0 Å². The molecule has 0 amide bonds. The van der Waals surface area contributed by atoms with E-state index in [1.54, 1.807) is 0 Å². The summed E-state index contributed by atoms with van der Waals surface area (Å²) in [6, 6.07) is 0. The molecule has 1 fully saturated rings. The van der Waals surface area contributed by atoms with Crippen molar-refractivity contribution < 1.29 is 19.2 Å². The molecule has 0 radical (unpaired) electrons. The Hall–Kier alpha value is -1.07. The SMILES string of the molecule is CC1(C)OB(C2C=CC=CC2CCC(=O)O)OC1(C)C. The van der Waals surface area contributed by atoms with E-state index in [-0.39, 0.29) is 36.5 Å². The van der Waals surface area contributed by atoms with E-state index in [4.69, 9.17) is 14.4 Å². The van der Waals surface area contributed by atoms with Gasteiger partial charge in [-0.25, -0.2) is 0 Å². The molecule has 1 heterocycles. The van der Waals surface area contributed by atoms with E-state index in [2.05, 4.69) is 12.2 Å². The topological polar surface area (TPSA) is 55.8 Å². The quantitative estimate of drug-likeness (QED) is 0.803. The molecule has 2 unspecified atom stereocenters. The Labute approximate surface area is 121 Å². The van der Waals surface area contributed by atoms with Crippen LogP contribution in [-0.2, 0) is 14.1 Å². The molecule has 1 aliphatic carbocycles. The first-order valence-electron chi connectivity index (χ1n) is 7.15. The molecule has 0 aromatic rings. The van der Waals surface area contributed by atoms with Gasteiger partial charge in [0.1, 0.15) is 0 Å². The van der Waals surface area contributed by atoms with E-state index in [0.29, 0.717) is 6.42 Å². The third-order valence-corrected chi connectivity index (χ3v) is 4.57. The van der Waals surface area contributed by atoms with Gasteiger partial charge in [-0.2, -0.15) is 0 Å². The van der Waals surface area contributed by atoms with E-state index in [9.17, 15) is 4.79 Å². The number of hydrogen-bond donors (Lipinski definition) is 1. The Morgan fingerprint density at radius 3 is 2.25 bits per heavy atom. The second-order valence-electron chi connectivity index (χ2n) is 6.57. The van der Waals surface area contributed by atoms with E-state index in [1.165, 1.54) is 0 Å². The van der Waals surface area contributed by atoms with Gasteiger partial charge in [0.2, 0.25) is 0 Å². The van der Waals surface area contributed by atoms with Crippen LogP contribution in [0, 0.1) is 5.92 Å². The fraction of sp³-hybridized carbons (Fsp3) is 0.667. The lowest BCUT2D eigenvalue weighted by Crippen LogP contribution is -2.41. The van der Waals surface area contributed by atoms with Crippen molar-refractivity contribution >= 4 is 13.1 Å². The van der Waals surface area contributed by atoms with Crippen molar-refractivity contribution in [2.24, 2.45) is 5.92 Å². The van der Waals surface area contributed by atoms with Crippen LogP contribution in [0.2, 0.25) is 5.82 Å². The molecule has 1 N–H and O–H groups in total. The normalized spacial score (nSPS) is 30.7. The van der Waals surface area contributed by atoms with Crippen molar-refractivity contribution in [1.82, 2.24) is 0 Å². The molecule has 2 atom stereocenters. The number of carboxylic acids is 1. The largest absolute Gasteiger partial charge is 0.481 e. The summed E-state index contributed by atoms with van der Waals surface area (Å²) < 4.78 is 12.2. The molecule has 5 heteroatoms. The smallest absolute Gasteiger partial charge is 0.465 e. The monoisotopic (exact) mass is 278 g/mol. The van der Waals surface area contributed by atoms with Gasteiger partial charge in [0.15, 0.2) is 0 Å². The third kappa shape index (κ3) is 2.99. The Morgan fingerprint density at radius 2 is 1.70 bits per heavy atom. The van der Waals surface area contributed by atoms with Crippen molar-refractivity contribution in [3.63, 3.8) is 0 Å². The molecular weight excluding hydrogens is 255 g/mol. The molecule has 4 nitrogen and oxygen atoms in total. The minimum absolute atomic E-state index is 0.0698. The molecule has 0 aromatic carbocycles. The highest BCUT2D eigenvalue weighted by Gasteiger charge is 2.54. The maximum absolute atomic E-state index is 10.8. The summed E-state index contributed by atoms with van der Waals surface area (Å²) in [5.74, 6) is -0.549. The fourth-order valence-electron chi connectivity index (χ4n) is 2.59. The Bertz CT molecular complexity index is 423. The van der Waals surface area contributed by atoms with Crippen LogP contribution in [0.1, 0.15) is 40.5 Å². The van der Waals surface area contributed by atoms with Crippen LogP contribution in [0.15, 0.2) is 24.3 Å². The lowest BCUT2D eigenvalue weighted by Gasteiger charge is -2.32. The van der Waals surface area contributed by atoms with Gasteiger partial charge in [-0.1, -0.05) is 24.3 Å². The summed E-state index contributed by atoms with van der Waals surface area (Å²) >= 11 is 0. The second-order valence-corrected chi connectivity index (χ2v) is 6.57. The first-order chi connectivity index (χ1) is 9.23. The van der Waals surface area contributed by atoms with Crippen molar-refractivity contribution in [1.29, 1.82) is 0 Å². The highest BCUT2D eigenvalue weighted by Crippen LogP contribution is 2.44.